The third-order valence-electron chi connectivity index (χ3n) is 9.63. The number of nitrogens with zero attached hydrogens (tertiary/aromatic N) is 4. The highest BCUT2D eigenvalue weighted by Gasteiger charge is 2.43. The molecule has 0 fully saturated rings. The predicted molar refractivity (Wildman–Crippen MR) is 196 cm³/mol. The van der Waals surface area contributed by atoms with Crippen molar-refractivity contribution >= 4 is 29.4 Å². The minimum Gasteiger partial charge on any atom is -0.493 e. The van der Waals surface area contributed by atoms with Gasteiger partial charge in [-0.2, -0.15) is 0 Å². The lowest BCUT2D eigenvalue weighted by molar-refractivity contribution is 0.0561. The number of carbonyl (C=O) groups excluding carboxylic acids is 2. The van der Waals surface area contributed by atoms with E-state index in [1.165, 1.54) is 0 Å². The lowest BCUT2D eigenvalue weighted by atomic mass is 10.0. The molecule has 0 bridgehead atoms. The molecule has 0 saturated carbocycles. The van der Waals surface area contributed by atoms with E-state index < -0.39 is 6.23 Å². The second kappa shape index (κ2) is 15.0. The van der Waals surface area contributed by atoms with E-state index in [0.717, 1.165) is 42.4 Å². The van der Waals surface area contributed by atoms with Gasteiger partial charge in [-0.25, -0.2) is 0 Å². The van der Waals surface area contributed by atoms with Gasteiger partial charge >= 0.3 is 0 Å². The van der Waals surface area contributed by atoms with Gasteiger partial charge in [-0.15, -0.1) is 0 Å². The van der Waals surface area contributed by atoms with Crippen LogP contribution in [0.5, 0.6) is 17.2 Å². The first kappa shape index (κ1) is 35.0. The summed E-state index contributed by atoms with van der Waals surface area (Å²) < 4.78 is 18.0. The molecule has 1 unspecified atom stereocenters. The highest BCUT2D eigenvalue weighted by Crippen LogP contribution is 2.41. The van der Waals surface area contributed by atoms with Gasteiger partial charge in [-0.1, -0.05) is 24.3 Å². The lowest BCUT2D eigenvalue weighted by Crippen LogP contribution is -2.50. The molecule has 2 aromatic carbocycles. The Morgan fingerprint density at radius 1 is 0.860 bits per heavy atom. The molecular formula is C40H48N4O6. The molecule has 6 rings (SSSR count). The predicted octanol–water partition coefficient (Wildman–Crippen LogP) is 7.24. The molecule has 264 valence electrons. The number of aliphatic hydroxyl groups is 1. The average molecular weight is 681 g/mol. The van der Waals surface area contributed by atoms with Crippen molar-refractivity contribution < 1.29 is 28.9 Å². The van der Waals surface area contributed by atoms with Crippen molar-refractivity contribution in [2.24, 2.45) is 4.99 Å². The maximum absolute atomic E-state index is 13.8. The quantitative estimate of drug-likeness (QED) is 0.236. The van der Waals surface area contributed by atoms with E-state index in [9.17, 15) is 14.7 Å². The van der Waals surface area contributed by atoms with Gasteiger partial charge in [0.25, 0.3) is 11.8 Å². The smallest absolute Gasteiger partial charge is 0.260 e. The van der Waals surface area contributed by atoms with E-state index in [-0.39, 0.29) is 29.9 Å². The highest BCUT2D eigenvalue weighted by atomic mass is 16.5. The Morgan fingerprint density at radius 3 is 2.20 bits per heavy atom. The average Bonchev–Trinajstić information content (AvgIpc) is 3.66. The Hall–Kier alpha value is -4.83. The number of amides is 2. The second-order valence-corrected chi connectivity index (χ2v) is 13.5. The van der Waals surface area contributed by atoms with Gasteiger partial charge in [-0.05, 0) is 95.6 Å². The van der Waals surface area contributed by atoms with Crippen LogP contribution in [0, 0.1) is 6.92 Å². The molecule has 3 atom stereocenters. The summed E-state index contributed by atoms with van der Waals surface area (Å²) in [5, 5.41) is 11.5. The van der Waals surface area contributed by atoms with E-state index in [2.05, 4.69) is 4.99 Å². The number of unbranched alkanes of at least 4 members (excludes halogenated alkanes) is 2. The summed E-state index contributed by atoms with van der Waals surface area (Å²) in [7, 11) is 1.57. The number of methoxy groups -OCH3 is 1. The first-order valence-electron chi connectivity index (χ1n) is 17.6. The topological polar surface area (TPSA) is 104 Å². The fourth-order valence-electron chi connectivity index (χ4n) is 7.19. The molecule has 0 aromatic heterocycles. The molecule has 4 aliphatic rings. The summed E-state index contributed by atoms with van der Waals surface area (Å²) in [6.45, 7) is 10.9. The van der Waals surface area contributed by atoms with Crippen molar-refractivity contribution in [2.45, 2.75) is 91.1 Å². The molecule has 0 radical (unpaired) electrons. The van der Waals surface area contributed by atoms with Crippen LogP contribution in [0.3, 0.4) is 0 Å². The van der Waals surface area contributed by atoms with Crippen LogP contribution < -0.4 is 19.1 Å². The molecule has 0 saturated heterocycles. The van der Waals surface area contributed by atoms with Gasteiger partial charge in [0.05, 0.1) is 54.9 Å². The van der Waals surface area contributed by atoms with Crippen molar-refractivity contribution in [1.82, 2.24) is 9.80 Å². The Balaban J connectivity index is 1.05. The normalized spacial score (nSPS) is 21.3. The summed E-state index contributed by atoms with van der Waals surface area (Å²) >= 11 is 0. The van der Waals surface area contributed by atoms with Crippen LogP contribution in [0.15, 0.2) is 77.1 Å². The SMILES string of the molecule is C/C=C/C1=CN2C(=O)c3cc(OC)c(OCCCCCOc4cc5c(cc4C)C(=O)N4C=C(/C=C/C)C[C@H]4C(O)N5C(C)C)cc3N=C[C@@H]2C1. The highest BCUT2D eigenvalue weighted by molar-refractivity contribution is 6.04. The van der Waals surface area contributed by atoms with Crippen LogP contribution in [0.2, 0.25) is 0 Å². The first-order chi connectivity index (χ1) is 24.1. The van der Waals surface area contributed by atoms with Gasteiger partial charge in [0.2, 0.25) is 0 Å². The number of aliphatic hydroxyl groups excluding tert-OH is 1. The first-order valence-corrected chi connectivity index (χ1v) is 17.6. The summed E-state index contributed by atoms with van der Waals surface area (Å²) in [6, 6.07) is 6.81. The molecule has 2 aromatic rings. The Labute approximate surface area is 295 Å². The maximum atomic E-state index is 13.8. The number of anilines is 1. The summed E-state index contributed by atoms with van der Waals surface area (Å²) in [4.78, 5) is 37.2. The number of hydrogen-bond donors (Lipinski definition) is 1. The Kier molecular flexibility index (Phi) is 10.5. The zero-order chi connectivity index (χ0) is 35.5. The number of allylic oxidation sites excluding steroid dienone is 4. The van der Waals surface area contributed by atoms with Crippen molar-refractivity contribution in [3.05, 3.63) is 88.8 Å². The summed E-state index contributed by atoms with van der Waals surface area (Å²) in [5.74, 6) is 1.55. The molecule has 10 heteroatoms. The lowest BCUT2D eigenvalue weighted by Gasteiger charge is -2.37. The van der Waals surface area contributed by atoms with E-state index >= 15 is 0 Å². The van der Waals surface area contributed by atoms with E-state index in [4.69, 9.17) is 14.2 Å². The van der Waals surface area contributed by atoms with Crippen molar-refractivity contribution in [1.29, 1.82) is 0 Å². The third-order valence-corrected chi connectivity index (χ3v) is 9.63. The number of aliphatic imine (C=N–C) groups is 1. The number of benzene rings is 2. The van der Waals surface area contributed by atoms with Crippen LogP contribution >= 0.6 is 0 Å². The van der Waals surface area contributed by atoms with Crippen LogP contribution in [-0.2, 0) is 0 Å². The van der Waals surface area contributed by atoms with Crippen LogP contribution in [0.1, 0.15) is 86.1 Å². The molecule has 0 aliphatic carbocycles. The van der Waals surface area contributed by atoms with Crippen LogP contribution in [-0.4, -0.2) is 77.6 Å². The van der Waals surface area contributed by atoms with Gasteiger partial charge < -0.3 is 34.0 Å². The maximum Gasteiger partial charge on any atom is 0.260 e. The van der Waals surface area contributed by atoms with E-state index in [0.29, 0.717) is 59.4 Å². The van der Waals surface area contributed by atoms with Crippen molar-refractivity contribution in [2.75, 3.05) is 25.2 Å². The zero-order valence-corrected chi connectivity index (χ0v) is 29.9. The van der Waals surface area contributed by atoms with E-state index in [1.54, 1.807) is 29.0 Å². The Morgan fingerprint density at radius 2 is 1.52 bits per heavy atom. The zero-order valence-electron chi connectivity index (χ0n) is 29.9. The van der Waals surface area contributed by atoms with Gasteiger partial charge in [0, 0.05) is 36.8 Å². The summed E-state index contributed by atoms with van der Waals surface area (Å²) in [6.07, 6.45) is 16.5. The third kappa shape index (κ3) is 6.81. The minimum atomic E-state index is -0.855. The van der Waals surface area contributed by atoms with Gasteiger partial charge in [0.15, 0.2) is 11.5 Å². The number of ether oxygens (including phenoxy) is 3. The molecule has 2 amide bonds. The van der Waals surface area contributed by atoms with Gasteiger partial charge in [-0.3, -0.25) is 14.6 Å². The number of hydrogen-bond acceptors (Lipinski definition) is 8. The van der Waals surface area contributed by atoms with Crippen LogP contribution in [0.4, 0.5) is 11.4 Å². The van der Waals surface area contributed by atoms with Crippen LogP contribution in [0.25, 0.3) is 0 Å². The van der Waals surface area contributed by atoms with Gasteiger partial charge in [0.1, 0.15) is 12.0 Å². The number of rotatable bonds is 12. The molecule has 4 heterocycles. The fraction of sp³-hybridized carbons (Fsp3) is 0.425. The molecule has 0 spiro atoms. The molecule has 4 aliphatic heterocycles. The molecular weight excluding hydrogens is 632 g/mol. The fourth-order valence-corrected chi connectivity index (χ4v) is 7.19. The molecule has 1 N–H and O–H groups in total. The van der Waals surface area contributed by atoms with E-state index in [1.807, 2.05) is 94.6 Å². The Bertz CT molecular complexity index is 1790. The molecule has 50 heavy (non-hydrogen) atoms. The monoisotopic (exact) mass is 680 g/mol. The van der Waals surface area contributed by atoms with Crippen molar-refractivity contribution in [3.8, 4) is 17.2 Å². The molecule has 10 nitrogen and oxygen atoms in total. The van der Waals surface area contributed by atoms with Crippen molar-refractivity contribution in [3.63, 3.8) is 0 Å². The number of aryl methyl sites for hydroxylation is 1. The number of carbonyl (C=O) groups is 2. The standard InChI is InChI=1S/C40H48N4O6/c1-7-12-27-17-29-22-41-32-20-37(36(48-6)19-30(32)38(45)42(29)23-27)50-15-11-9-10-14-49-35-21-33-31(16-26(35)5)39(46)43-24-28(13-8-2)18-34(43)40(47)44(33)25(3)4/h7-8,12-13,16,19-25,29,34,40,47H,9-11,14-15,17-18H2,1-6H3/b12-7+,13-8+/t29-,34-,40?/m0/s1. The largest absolute Gasteiger partial charge is 0.493 e. The second-order valence-electron chi connectivity index (χ2n) is 13.5. The number of fused-ring (bicyclic) bond motifs is 4. The summed E-state index contributed by atoms with van der Waals surface area (Å²) in [5.41, 5.74) is 5.32. The minimum absolute atomic E-state index is 0.0330.